The largest absolute Gasteiger partial charge is 0.493 e. The molecule has 0 aliphatic rings. The van der Waals surface area contributed by atoms with E-state index in [1.165, 1.54) is 0 Å². The van der Waals surface area contributed by atoms with Gasteiger partial charge in [-0.15, -0.1) is 0 Å². The number of aryl methyl sites for hydroxylation is 1. The van der Waals surface area contributed by atoms with Gasteiger partial charge in [0.15, 0.2) is 11.5 Å². The predicted octanol–water partition coefficient (Wildman–Crippen LogP) is 2.77. The third-order valence-electron chi connectivity index (χ3n) is 2.86. The Hall–Kier alpha value is -1.42. The van der Waals surface area contributed by atoms with Crippen LogP contribution in [0.25, 0.3) is 0 Å². The van der Waals surface area contributed by atoms with E-state index >= 15 is 0 Å². The first-order valence-electron chi connectivity index (χ1n) is 6.75. The molecule has 0 amide bonds. The highest BCUT2D eigenvalue weighted by atomic mass is 16.5. The molecule has 0 fully saturated rings. The normalized spacial score (nSPS) is 12.1. The number of hydrogen-bond donors (Lipinski definition) is 1. The molecule has 4 heteroatoms. The molecular formula is C15H25NO3. The zero-order valence-corrected chi connectivity index (χ0v) is 12.4. The number of methoxy groups -OCH3 is 2. The van der Waals surface area contributed by atoms with Crippen LogP contribution >= 0.6 is 0 Å². The van der Waals surface area contributed by atoms with Crippen LogP contribution in [0.1, 0.15) is 32.3 Å². The van der Waals surface area contributed by atoms with E-state index in [0.717, 1.165) is 24.8 Å². The molecule has 0 saturated heterocycles. The van der Waals surface area contributed by atoms with Crippen LogP contribution in [-0.2, 0) is 6.42 Å². The lowest BCUT2D eigenvalue weighted by molar-refractivity contribution is 0.274. The summed E-state index contributed by atoms with van der Waals surface area (Å²) in [4.78, 5) is 0. The van der Waals surface area contributed by atoms with Crippen LogP contribution in [0.15, 0.2) is 12.1 Å². The summed E-state index contributed by atoms with van der Waals surface area (Å²) in [5.41, 5.74) is 6.94. The predicted molar refractivity (Wildman–Crippen MR) is 77.3 cm³/mol. The monoisotopic (exact) mass is 267 g/mol. The maximum atomic E-state index is 5.79. The van der Waals surface area contributed by atoms with Crippen molar-refractivity contribution in [2.45, 2.75) is 39.2 Å². The van der Waals surface area contributed by atoms with Gasteiger partial charge < -0.3 is 19.9 Å². The Kier molecular flexibility index (Phi) is 6.50. The molecule has 1 rings (SSSR count). The molecule has 0 aliphatic heterocycles. The van der Waals surface area contributed by atoms with Gasteiger partial charge in [0.1, 0.15) is 0 Å². The van der Waals surface area contributed by atoms with Crippen LogP contribution in [0.2, 0.25) is 0 Å². The van der Waals surface area contributed by atoms with Gasteiger partial charge in [0.05, 0.1) is 20.8 Å². The van der Waals surface area contributed by atoms with Gasteiger partial charge in [-0.25, -0.2) is 0 Å². The summed E-state index contributed by atoms with van der Waals surface area (Å²) in [5.74, 6) is 2.11. The minimum atomic E-state index is 0.188. The van der Waals surface area contributed by atoms with Gasteiger partial charge in [-0.3, -0.25) is 0 Å². The topological polar surface area (TPSA) is 53.7 Å². The molecule has 0 aliphatic carbocycles. The van der Waals surface area contributed by atoms with Crippen LogP contribution in [0.3, 0.4) is 0 Å². The third-order valence-corrected chi connectivity index (χ3v) is 2.86. The molecule has 0 spiro atoms. The lowest BCUT2D eigenvalue weighted by Crippen LogP contribution is -2.15. The first kappa shape index (κ1) is 15.6. The van der Waals surface area contributed by atoms with Crippen molar-refractivity contribution in [1.82, 2.24) is 0 Å². The Labute approximate surface area is 115 Å². The van der Waals surface area contributed by atoms with Gasteiger partial charge in [0.2, 0.25) is 5.75 Å². The standard InChI is InChI=1S/C15H25NO3/c1-5-8-19-15-13(17-3)9-12(7-6-11(2)16)10-14(15)18-4/h9-11H,5-8,16H2,1-4H3. The van der Waals surface area contributed by atoms with Crippen LogP contribution in [0.5, 0.6) is 17.2 Å². The minimum absolute atomic E-state index is 0.188. The van der Waals surface area contributed by atoms with Crippen LogP contribution in [-0.4, -0.2) is 26.9 Å². The van der Waals surface area contributed by atoms with Gasteiger partial charge in [-0.05, 0) is 43.9 Å². The maximum absolute atomic E-state index is 5.79. The first-order valence-corrected chi connectivity index (χ1v) is 6.75. The summed E-state index contributed by atoms with van der Waals surface area (Å²) >= 11 is 0. The molecule has 1 aromatic rings. The zero-order valence-electron chi connectivity index (χ0n) is 12.4. The van der Waals surface area contributed by atoms with E-state index in [4.69, 9.17) is 19.9 Å². The van der Waals surface area contributed by atoms with Crippen LogP contribution in [0, 0.1) is 0 Å². The fourth-order valence-electron chi connectivity index (χ4n) is 1.82. The number of rotatable bonds is 8. The second-order valence-corrected chi connectivity index (χ2v) is 4.69. The summed E-state index contributed by atoms with van der Waals surface area (Å²) < 4.78 is 16.5. The van der Waals surface area contributed by atoms with E-state index in [1.807, 2.05) is 19.1 Å². The Bertz CT molecular complexity index is 366. The third kappa shape index (κ3) is 4.63. The molecule has 0 radical (unpaired) electrons. The Balaban J connectivity index is 2.98. The fraction of sp³-hybridized carbons (Fsp3) is 0.600. The van der Waals surface area contributed by atoms with E-state index < -0.39 is 0 Å². The molecule has 1 aromatic carbocycles. The second kappa shape index (κ2) is 7.89. The van der Waals surface area contributed by atoms with Gasteiger partial charge in [-0.1, -0.05) is 6.92 Å². The van der Waals surface area contributed by atoms with E-state index in [2.05, 4.69) is 6.92 Å². The van der Waals surface area contributed by atoms with Crippen molar-refractivity contribution in [1.29, 1.82) is 0 Å². The minimum Gasteiger partial charge on any atom is -0.493 e. The van der Waals surface area contributed by atoms with Crippen molar-refractivity contribution >= 4 is 0 Å². The molecule has 0 aromatic heterocycles. The van der Waals surface area contributed by atoms with Gasteiger partial charge in [-0.2, -0.15) is 0 Å². The Morgan fingerprint density at radius 2 is 1.74 bits per heavy atom. The molecule has 108 valence electrons. The highest BCUT2D eigenvalue weighted by Crippen LogP contribution is 2.39. The highest BCUT2D eigenvalue weighted by molar-refractivity contribution is 5.53. The van der Waals surface area contributed by atoms with E-state index in [0.29, 0.717) is 23.9 Å². The smallest absolute Gasteiger partial charge is 0.203 e. The Morgan fingerprint density at radius 3 is 2.16 bits per heavy atom. The summed E-state index contributed by atoms with van der Waals surface area (Å²) in [6.07, 6.45) is 2.78. The number of nitrogens with two attached hydrogens (primary N) is 1. The molecule has 0 heterocycles. The molecule has 1 atom stereocenters. The fourth-order valence-corrected chi connectivity index (χ4v) is 1.82. The quantitative estimate of drug-likeness (QED) is 0.787. The molecular weight excluding hydrogens is 242 g/mol. The van der Waals surface area contributed by atoms with Crippen molar-refractivity contribution < 1.29 is 14.2 Å². The summed E-state index contributed by atoms with van der Waals surface area (Å²) in [6.45, 7) is 4.72. The van der Waals surface area contributed by atoms with Crippen molar-refractivity contribution in [3.05, 3.63) is 17.7 Å². The highest BCUT2D eigenvalue weighted by Gasteiger charge is 2.14. The molecule has 4 nitrogen and oxygen atoms in total. The number of hydrogen-bond acceptors (Lipinski definition) is 4. The lowest BCUT2D eigenvalue weighted by Gasteiger charge is -2.16. The van der Waals surface area contributed by atoms with E-state index in [9.17, 15) is 0 Å². The SMILES string of the molecule is CCCOc1c(OC)cc(CCC(C)N)cc1OC. The first-order chi connectivity index (χ1) is 9.12. The Morgan fingerprint density at radius 1 is 1.16 bits per heavy atom. The number of ether oxygens (including phenoxy) is 3. The summed E-state index contributed by atoms with van der Waals surface area (Å²) in [5, 5.41) is 0. The number of benzene rings is 1. The molecule has 0 bridgehead atoms. The van der Waals surface area contributed by atoms with Gasteiger partial charge in [0.25, 0.3) is 0 Å². The van der Waals surface area contributed by atoms with Crippen molar-refractivity contribution in [3.63, 3.8) is 0 Å². The van der Waals surface area contributed by atoms with Crippen molar-refractivity contribution in [2.75, 3.05) is 20.8 Å². The molecule has 0 saturated carbocycles. The van der Waals surface area contributed by atoms with Crippen LogP contribution < -0.4 is 19.9 Å². The zero-order chi connectivity index (χ0) is 14.3. The lowest BCUT2D eigenvalue weighted by atomic mass is 10.1. The van der Waals surface area contributed by atoms with E-state index in [1.54, 1.807) is 14.2 Å². The average molecular weight is 267 g/mol. The van der Waals surface area contributed by atoms with Gasteiger partial charge in [0, 0.05) is 6.04 Å². The van der Waals surface area contributed by atoms with Crippen LogP contribution in [0.4, 0.5) is 0 Å². The average Bonchev–Trinajstić information content (AvgIpc) is 2.42. The van der Waals surface area contributed by atoms with Crippen molar-refractivity contribution in [3.8, 4) is 17.2 Å². The van der Waals surface area contributed by atoms with E-state index in [-0.39, 0.29) is 6.04 Å². The molecule has 1 unspecified atom stereocenters. The van der Waals surface area contributed by atoms with Gasteiger partial charge >= 0.3 is 0 Å². The summed E-state index contributed by atoms with van der Waals surface area (Å²) in [7, 11) is 3.28. The molecule has 19 heavy (non-hydrogen) atoms. The second-order valence-electron chi connectivity index (χ2n) is 4.69. The molecule has 2 N–H and O–H groups in total. The maximum Gasteiger partial charge on any atom is 0.203 e. The summed E-state index contributed by atoms with van der Waals surface area (Å²) in [6, 6.07) is 4.18. The van der Waals surface area contributed by atoms with Crippen molar-refractivity contribution in [2.24, 2.45) is 5.73 Å².